The van der Waals surface area contributed by atoms with Crippen LogP contribution in [-0.4, -0.2) is 34.1 Å². The molecule has 2 N–H and O–H groups in total. The fourth-order valence-corrected chi connectivity index (χ4v) is 1.43. The Bertz CT molecular complexity index is 373. The van der Waals surface area contributed by atoms with E-state index in [2.05, 4.69) is 15.3 Å². The van der Waals surface area contributed by atoms with E-state index >= 15 is 0 Å². The minimum Gasteiger partial charge on any atom is -0.396 e. The summed E-state index contributed by atoms with van der Waals surface area (Å²) in [5.74, 6) is -0.0190. The van der Waals surface area contributed by atoms with Crippen LogP contribution in [-0.2, 0) is 0 Å². The molecule has 17 heavy (non-hydrogen) atoms. The number of halogens is 1. The molecule has 5 nitrogen and oxygen atoms in total. The van der Waals surface area contributed by atoms with E-state index in [1.165, 1.54) is 12.4 Å². The number of nitrogens with one attached hydrogen (secondary N) is 1. The minimum atomic E-state index is -0.281. The monoisotopic (exact) mass is 257 g/mol. The number of amides is 1. The molecule has 0 aliphatic carbocycles. The van der Waals surface area contributed by atoms with Crippen molar-refractivity contribution in [3.8, 4) is 0 Å². The summed E-state index contributed by atoms with van der Waals surface area (Å²) in [5, 5.41) is 11.8. The van der Waals surface area contributed by atoms with Gasteiger partial charge in [0.2, 0.25) is 0 Å². The van der Waals surface area contributed by atoms with Crippen molar-refractivity contribution in [2.75, 3.05) is 13.2 Å². The number of nitrogens with zero attached hydrogens (tertiary/aromatic N) is 2. The number of carbonyl (C=O) groups excluding carboxylic acids is 1. The summed E-state index contributed by atoms with van der Waals surface area (Å²) in [7, 11) is 0. The van der Waals surface area contributed by atoms with Crippen molar-refractivity contribution in [2.45, 2.75) is 19.8 Å². The van der Waals surface area contributed by atoms with Crippen LogP contribution in [0.25, 0.3) is 0 Å². The average Bonchev–Trinajstić information content (AvgIpc) is 2.34. The Morgan fingerprint density at radius 2 is 2.35 bits per heavy atom. The molecule has 0 saturated heterocycles. The Morgan fingerprint density at radius 1 is 1.59 bits per heavy atom. The number of rotatable bonds is 6. The lowest BCUT2D eigenvalue weighted by atomic mass is 10.1. The fourth-order valence-electron chi connectivity index (χ4n) is 1.29. The second-order valence-corrected chi connectivity index (χ2v) is 4.30. The maximum absolute atomic E-state index is 11.6. The molecule has 1 aromatic heterocycles. The molecular formula is C11H16ClN3O2. The molecule has 1 amide bonds. The first-order valence-electron chi connectivity index (χ1n) is 5.50. The van der Waals surface area contributed by atoms with Crippen LogP contribution in [0.15, 0.2) is 12.4 Å². The van der Waals surface area contributed by atoms with Gasteiger partial charge in [0.15, 0.2) is 0 Å². The predicted octanol–water partition coefficient (Wildman–Crippen LogP) is 1.27. The third-order valence-electron chi connectivity index (χ3n) is 2.31. The van der Waals surface area contributed by atoms with Crippen LogP contribution in [0, 0.1) is 5.92 Å². The van der Waals surface area contributed by atoms with Gasteiger partial charge in [-0.1, -0.05) is 18.5 Å². The van der Waals surface area contributed by atoms with Gasteiger partial charge in [0, 0.05) is 13.2 Å². The van der Waals surface area contributed by atoms with Gasteiger partial charge in [0.1, 0.15) is 10.8 Å². The Balaban J connectivity index is 2.30. The maximum atomic E-state index is 11.6. The summed E-state index contributed by atoms with van der Waals surface area (Å²) in [5.41, 5.74) is 0.215. The van der Waals surface area contributed by atoms with Gasteiger partial charge < -0.3 is 10.4 Å². The zero-order valence-electron chi connectivity index (χ0n) is 9.69. The molecule has 6 heteroatoms. The summed E-state index contributed by atoms with van der Waals surface area (Å²) in [4.78, 5) is 19.2. The molecule has 94 valence electrons. The number of aromatic nitrogens is 2. The molecule has 0 spiro atoms. The summed E-state index contributed by atoms with van der Waals surface area (Å²) in [6.45, 7) is 2.69. The van der Waals surface area contributed by atoms with Gasteiger partial charge in [0.05, 0.1) is 12.4 Å². The highest BCUT2D eigenvalue weighted by Crippen LogP contribution is 2.04. The minimum absolute atomic E-state index is 0.174. The second-order valence-electron chi connectivity index (χ2n) is 3.91. The Kier molecular flexibility index (Phi) is 5.86. The number of aliphatic hydroxyl groups excluding tert-OH is 1. The molecule has 0 aliphatic rings. The third kappa shape index (κ3) is 5.10. The molecule has 1 unspecified atom stereocenters. The van der Waals surface area contributed by atoms with Crippen molar-refractivity contribution < 1.29 is 9.90 Å². The van der Waals surface area contributed by atoms with Gasteiger partial charge in [-0.3, -0.25) is 9.78 Å². The zero-order valence-corrected chi connectivity index (χ0v) is 10.4. The van der Waals surface area contributed by atoms with Crippen LogP contribution < -0.4 is 5.32 Å². The van der Waals surface area contributed by atoms with E-state index in [0.29, 0.717) is 6.54 Å². The van der Waals surface area contributed by atoms with E-state index in [4.69, 9.17) is 16.7 Å². The van der Waals surface area contributed by atoms with Crippen molar-refractivity contribution in [2.24, 2.45) is 5.92 Å². The van der Waals surface area contributed by atoms with Gasteiger partial charge in [-0.25, -0.2) is 4.98 Å². The molecule has 0 fully saturated rings. The standard InChI is InChI=1S/C11H16ClN3O2/c1-8(7-16)3-2-4-14-11(17)9-5-13-6-10(12)15-9/h5-6,8,16H,2-4,7H2,1H3,(H,14,17). The van der Waals surface area contributed by atoms with E-state index in [1.54, 1.807) is 0 Å². The smallest absolute Gasteiger partial charge is 0.271 e. The molecule has 0 saturated carbocycles. The Labute approximate surface area is 105 Å². The van der Waals surface area contributed by atoms with E-state index in [0.717, 1.165) is 12.8 Å². The van der Waals surface area contributed by atoms with E-state index in [-0.39, 0.29) is 29.3 Å². The maximum Gasteiger partial charge on any atom is 0.271 e. The average molecular weight is 258 g/mol. The van der Waals surface area contributed by atoms with Crippen molar-refractivity contribution in [1.29, 1.82) is 0 Å². The van der Waals surface area contributed by atoms with Crippen molar-refractivity contribution in [3.63, 3.8) is 0 Å². The highest BCUT2D eigenvalue weighted by molar-refractivity contribution is 6.29. The van der Waals surface area contributed by atoms with Crippen LogP contribution in [0.3, 0.4) is 0 Å². The third-order valence-corrected chi connectivity index (χ3v) is 2.49. The van der Waals surface area contributed by atoms with Crippen molar-refractivity contribution >= 4 is 17.5 Å². The summed E-state index contributed by atoms with van der Waals surface area (Å²) in [6, 6.07) is 0. The molecule has 1 aromatic rings. The van der Waals surface area contributed by atoms with E-state index in [9.17, 15) is 4.79 Å². The topological polar surface area (TPSA) is 75.1 Å². The van der Waals surface area contributed by atoms with Crippen molar-refractivity contribution in [3.05, 3.63) is 23.2 Å². The van der Waals surface area contributed by atoms with Crippen LogP contribution in [0.2, 0.25) is 5.15 Å². The van der Waals surface area contributed by atoms with Crippen LogP contribution in [0.1, 0.15) is 30.3 Å². The normalized spacial score (nSPS) is 12.2. The molecule has 0 aromatic carbocycles. The lowest BCUT2D eigenvalue weighted by Gasteiger charge is -2.08. The Hall–Kier alpha value is -1.20. The van der Waals surface area contributed by atoms with E-state index in [1.807, 2.05) is 6.92 Å². The summed E-state index contributed by atoms with van der Waals surface area (Å²) >= 11 is 5.63. The zero-order chi connectivity index (χ0) is 12.7. The fraction of sp³-hybridized carbons (Fsp3) is 0.545. The Morgan fingerprint density at radius 3 is 3.00 bits per heavy atom. The molecule has 0 bridgehead atoms. The van der Waals surface area contributed by atoms with Crippen LogP contribution >= 0.6 is 11.6 Å². The molecular weight excluding hydrogens is 242 g/mol. The van der Waals surface area contributed by atoms with Gasteiger partial charge in [-0.15, -0.1) is 0 Å². The van der Waals surface area contributed by atoms with Gasteiger partial charge in [-0.2, -0.15) is 0 Å². The molecule has 1 rings (SSSR count). The van der Waals surface area contributed by atoms with Crippen LogP contribution in [0.4, 0.5) is 0 Å². The number of carbonyl (C=O) groups is 1. The number of hydrogen-bond donors (Lipinski definition) is 2. The number of aliphatic hydroxyl groups is 1. The van der Waals surface area contributed by atoms with E-state index < -0.39 is 0 Å². The van der Waals surface area contributed by atoms with Crippen LogP contribution in [0.5, 0.6) is 0 Å². The SMILES string of the molecule is CC(CO)CCCNC(=O)c1cncc(Cl)n1. The highest BCUT2D eigenvalue weighted by Gasteiger charge is 2.07. The molecule has 0 aliphatic heterocycles. The van der Waals surface area contributed by atoms with Gasteiger partial charge >= 0.3 is 0 Å². The lowest BCUT2D eigenvalue weighted by molar-refractivity contribution is 0.0946. The first kappa shape index (κ1) is 13.9. The number of hydrogen-bond acceptors (Lipinski definition) is 4. The van der Waals surface area contributed by atoms with Crippen molar-refractivity contribution in [1.82, 2.24) is 15.3 Å². The largest absolute Gasteiger partial charge is 0.396 e. The molecule has 1 heterocycles. The summed E-state index contributed by atoms with van der Waals surface area (Å²) in [6.07, 6.45) is 4.44. The van der Waals surface area contributed by atoms with Gasteiger partial charge in [-0.05, 0) is 18.8 Å². The predicted molar refractivity (Wildman–Crippen MR) is 64.9 cm³/mol. The molecule has 1 atom stereocenters. The summed E-state index contributed by atoms with van der Waals surface area (Å²) < 4.78 is 0. The quantitative estimate of drug-likeness (QED) is 0.753. The highest BCUT2D eigenvalue weighted by atomic mass is 35.5. The van der Waals surface area contributed by atoms with Gasteiger partial charge in [0.25, 0.3) is 5.91 Å². The lowest BCUT2D eigenvalue weighted by Crippen LogP contribution is -2.26. The second kappa shape index (κ2) is 7.19. The first-order chi connectivity index (χ1) is 8.13. The first-order valence-corrected chi connectivity index (χ1v) is 5.88. The molecule has 0 radical (unpaired) electrons.